The quantitative estimate of drug-likeness (QED) is 0.668. The molecular weight excluding hydrogens is 318 g/mol. The van der Waals surface area contributed by atoms with E-state index in [0.717, 1.165) is 18.6 Å². The molecular formula is C23H29N3. The first-order valence-electron chi connectivity index (χ1n) is 9.77. The van der Waals surface area contributed by atoms with Crippen molar-refractivity contribution in [3.8, 4) is 0 Å². The Hall–Kier alpha value is -2.13. The summed E-state index contributed by atoms with van der Waals surface area (Å²) < 4.78 is 2.45. The molecule has 3 heteroatoms. The van der Waals surface area contributed by atoms with Crippen LogP contribution in [0.25, 0.3) is 11.0 Å². The lowest BCUT2D eigenvalue weighted by atomic mass is 9.94. The van der Waals surface area contributed by atoms with Crippen molar-refractivity contribution in [2.24, 2.45) is 0 Å². The number of fused-ring (bicyclic) bond motifs is 1. The van der Waals surface area contributed by atoms with Gasteiger partial charge in [0.1, 0.15) is 5.82 Å². The minimum absolute atomic E-state index is 0.907. The molecule has 2 aromatic carbocycles. The third-order valence-electron chi connectivity index (χ3n) is 6.13. The van der Waals surface area contributed by atoms with Gasteiger partial charge in [0.2, 0.25) is 0 Å². The molecule has 1 aliphatic heterocycles. The van der Waals surface area contributed by atoms with E-state index in [9.17, 15) is 0 Å². The van der Waals surface area contributed by atoms with Gasteiger partial charge in [-0.3, -0.25) is 4.90 Å². The molecule has 0 aliphatic carbocycles. The Morgan fingerprint density at radius 1 is 0.885 bits per heavy atom. The van der Waals surface area contributed by atoms with Crippen molar-refractivity contribution in [3.63, 3.8) is 0 Å². The molecule has 0 N–H and O–H groups in total. The Bertz CT molecular complexity index is 919. The number of nitrogens with zero attached hydrogens (tertiary/aromatic N) is 3. The molecule has 0 atom stereocenters. The standard InChI is InChI=1S/C23H29N3/c1-16-13-17(2)19(4)20(18(16)3)14-26-22-10-6-5-9-21(22)24-23(26)15-25-11-7-8-12-25/h5-6,9-10,13H,7-8,11-12,14-15H2,1-4H3. The molecule has 0 radical (unpaired) electrons. The van der Waals surface area contributed by atoms with Crippen molar-refractivity contribution in [3.05, 3.63) is 64.0 Å². The predicted octanol–water partition coefficient (Wildman–Crippen LogP) is 4.91. The average molecular weight is 348 g/mol. The number of para-hydroxylation sites is 2. The van der Waals surface area contributed by atoms with Gasteiger partial charge in [0.25, 0.3) is 0 Å². The van der Waals surface area contributed by atoms with Crippen LogP contribution in [0.15, 0.2) is 30.3 Å². The summed E-state index contributed by atoms with van der Waals surface area (Å²) in [6, 6.07) is 10.9. The van der Waals surface area contributed by atoms with Crippen molar-refractivity contribution in [1.82, 2.24) is 14.5 Å². The first-order chi connectivity index (χ1) is 12.5. The zero-order chi connectivity index (χ0) is 18.3. The predicted molar refractivity (Wildman–Crippen MR) is 109 cm³/mol. The summed E-state index contributed by atoms with van der Waals surface area (Å²) in [5.41, 5.74) is 9.41. The number of rotatable bonds is 4. The molecule has 0 bridgehead atoms. The van der Waals surface area contributed by atoms with Crippen LogP contribution >= 0.6 is 0 Å². The van der Waals surface area contributed by atoms with E-state index in [1.54, 1.807) is 0 Å². The van der Waals surface area contributed by atoms with Crippen LogP contribution in [-0.4, -0.2) is 27.5 Å². The molecule has 2 heterocycles. The van der Waals surface area contributed by atoms with Crippen LogP contribution in [0.5, 0.6) is 0 Å². The van der Waals surface area contributed by atoms with E-state index in [1.807, 2.05) is 0 Å². The van der Waals surface area contributed by atoms with E-state index < -0.39 is 0 Å². The van der Waals surface area contributed by atoms with Gasteiger partial charge in [0.15, 0.2) is 0 Å². The second-order valence-corrected chi connectivity index (χ2v) is 7.83. The largest absolute Gasteiger partial charge is 0.322 e. The summed E-state index contributed by atoms with van der Waals surface area (Å²) in [6.07, 6.45) is 2.63. The second-order valence-electron chi connectivity index (χ2n) is 7.83. The van der Waals surface area contributed by atoms with Gasteiger partial charge in [-0.25, -0.2) is 4.98 Å². The lowest BCUT2D eigenvalue weighted by molar-refractivity contribution is 0.318. The number of likely N-dealkylation sites (tertiary alicyclic amines) is 1. The molecule has 0 spiro atoms. The average Bonchev–Trinajstić information content (AvgIpc) is 3.25. The smallest absolute Gasteiger partial charge is 0.124 e. The van der Waals surface area contributed by atoms with Crippen molar-refractivity contribution < 1.29 is 0 Å². The fraction of sp³-hybridized carbons (Fsp3) is 0.435. The summed E-state index contributed by atoms with van der Waals surface area (Å²) in [7, 11) is 0. The number of benzene rings is 2. The molecule has 136 valence electrons. The van der Waals surface area contributed by atoms with Gasteiger partial charge in [-0.1, -0.05) is 18.2 Å². The van der Waals surface area contributed by atoms with Gasteiger partial charge in [-0.05, 0) is 93.6 Å². The van der Waals surface area contributed by atoms with Crippen LogP contribution in [0, 0.1) is 27.7 Å². The van der Waals surface area contributed by atoms with Gasteiger partial charge in [-0.2, -0.15) is 0 Å². The van der Waals surface area contributed by atoms with E-state index in [2.05, 4.69) is 67.5 Å². The lowest BCUT2D eigenvalue weighted by Crippen LogP contribution is -2.21. The van der Waals surface area contributed by atoms with Crippen molar-refractivity contribution in [1.29, 1.82) is 0 Å². The molecule has 0 unspecified atom stereocenters. The highest BCUT2D eigenvalue weighted by Crippen LogP contribution is 2.26. The van der Waals surface area contributed by atoms with Crippen LogP contribution in [0.4, 0.5) is 0 Å². The summed E-state index contributed by atoms with van der Waals surface area (Å²) in [5.74, 6) is 1.20. The van der Waals surface area contributed by atoms with Gasteiger partial charge in [-0.15, -0.1) is 0 Å². The first kappa shape index (κ1) is 17.3. The van der Waals surface area contributed by atoms with E-state index in [0.29, 0.717) is 0 Å². The maximum absolute atomic E-state index is 5.00. The molecule has 4 rings (SSSR count). The summed E-state index contributed by atoms with van der Waals surface area (Å²) in [4.78, 5) is 7.54. The molecule has 3 nitrogen and oxygen atoms in total. The van der Waals surface area contributed by atoms with E-state index >= 15 is 0 Å². The highest BCUT2D eigenvalue weighted by Gasteiger charge is 2.19. The highest BCUT2D eigenvalue weighted by molar-refractivity contribution is 5.76. The second kappa shape index (κ2) is 6.88. The van der Waals surface area contributed by atoms with Crippen molar-refractivity contribution in [2.45, 2.75) is 53.6 Å². The van der Waals surface area contributed by atoms with Crippen LogP contribution in [0.1, 0.15) is 46.5 Å². The molecule has 26 heavy (non-hydrogen) atoms. The summed E-state index contributed by atoms with van der Waals surface area (Å²) in [6.45, 7) is 13.2. The van der Waals surface area contributed by atoms with Crippen LogP contribution in [-0.2, 0) is 13.1 Å². The normalized spacial score (nSPS) is 15.2. The van der Waals surface area contributed by atoms with Gasteiger partial charge < -0.3 is 4.57 Å². The lowest BCUT2D eigenvalue weighted by Gasteiger charge is -2.19. The summed E-state index contributed by atoms with van der Waals surface area (Å²) >= 11 is 0. The van der Waals surface area contributed by atoms with Crippen LogP contribution < -0.4 is 0 Å². The number of hydrogen-bond acceptors (Lipinski definition) is 2. The minimum Gasteiger partial charge on any atom is -0.322 e. The molecule has 0 saturated carbocycles. The number of hydrogen-bond donors (Lipinski definition) is 0. The monoisotopic (exact) mass is 347 g/mol. The van der Waals surface area contributed by atoms with E-state index in [-0.39, 0.29) is 0 Å². The number of aromatic nitrogens is 2. The maximum Gasteiger partial charge on any atom is 0.124 e. The third kappa shape index (κ3) is 3.05. The molecule has 1 aliphatic rings. The topological polar surface area (TPSA) is 21.1 Å². The van der Waals surface area contributed by atoms with Crippen LogP contribution in [0.2, 0.25) is 0 Å². The SMILES string of the molecule is Cc1cc(C)c(C)c(Cn2c(CN3CCCC3)nc3ccccc32)c1C. The van der Waals surface area contributed by atoms with Crippen molar-refractivity contribution >= 4 is 11.0 Å². The van der Waals surface area contributed by atoms with Gasteiger partial charge >= 0.3 is 0 Å². The minimum atomic E-state index is 0.907. The Morgan fingerprint density at radius 3 is 2.23 bits per heavy atom. The Morgan fingerprint density at radius 2 is 1.54 bits per heavy atom. The zero-order valence-corrected chi connectivity index (χ0v) is 16.5. The van der Waals surface area contributed by atoms with Crippen LogP contribution in [0.3, 0.4) is 0 Å². The zero-order valence-electron chi connectivity index (χ0n) is 16.5. The molecule has 1 aromatic heterocycles. The first-order valence-corrected chi connectivity index (χ1v) is 9.77. The molecule has 0 amide bonds. The summed E-state index contributed by atoms with van der Waals surface area (Å²) in [5, 5.41) is 0. The Labute approximate surface area is 156 Å². The molecule has 3 aromatic rings. The van der Waals surface area contributed by atoms with E-state index in [4.69, 9.17) is 4.98 Å². The van der Waals surface area contributed by atoms with Gasteiger partial charge in [0, 0.05) is 6.54 Å². The van der Waals surface area contributed by atoms with E-state index in [1.165, 1.54) is 65.1 Å². The Kier molecular flexibility index (Phi) is 4.58. The third-order valence-corrected chi connectivity index (χ3v) is 6.13. The van der Waals surface area contributed by atoms with Gasteiger partial charge in [0.05, 0.1) is 17.6 Å². The Balaban J connectivity index is 1.80. The fourth-order valence-electron chi connectivity index (χ4n) is 4.26. The molecule has 1 saturated heterocycles. The number of imidazole rings is 1. The molecule has 1 fully saturated rings. The highest BCUT2D eigenvalue weighted by atomic mass is 15.2. The fourth-order valence-corrected chi connectivity index (χ4v) is 4.26. The van der Waals surface area contributed by atoms with Crippen molar-refractivity contribution in [2.75, 3.05) is 13.1 Å². The number of aryl methyl sites for hydroxylation is 2. The maximum atomic E-state index is 5.00.